The Labute approximate surface area is 91.8 Å². The van der Waals surface area contributed by atoms with Gasteiger partial charge in [-0.25, -0.2) is 9.78 Å². The fraction of sp³-hybridized carbons (Fsp3) is 0.429. The number of nitrogens with two attached hydrogens (primary N) is 1. The molecule has 1 aromatic rings. The summed E-state index contributed by atoms with van der Waals surface area (Å²) in [6.07, 6.45) is 3.82. The zero-order valence-electron chi connectivity index (χ0n) is 8.41. The molecule has 0 aliphatic carbocycles. The standard InChI is InChI=1S/C7H11N3O5S/c1-16(12,13)15-14-7(11)6(8)2-5-3-9-4-10-5/h3-4,6H,2,8H2,1H3,(H,9,10). The van der Waals surface area contributed by atoms with Gasteiger partial charge in [0.2, 0.25) is 0 Å². The smallest absolute Gasteiger partial charge is 0.348 e. The third-order valence-corrected chi connectivity index (χ3v) is 1.85. The van der Waals surface area contributed by atoms with Crippen molar-refractivity contribution in [2.45, 2.75) is 12.5 Å². The lowest BCUT2D eigenvalue weighted by molar-refractivity contribution is -0.212. The lowest BCUT2D eigenvalue weighted by Gasteiger charge is -2.07. The van der Waals surface area contributed by atoms with Gasteiger partial charge < -0.3 is 10.7 Å². The van der Waals surface area contributed by atoms with Crippen molar-refractivity contribution in [2.24, 2.45) is 5.73 Å². The number of aromatic amines is 1. The van der Waals surface area contributed by atoms with E-state index in [0.717, 1.165) is 6.26 Å². The van der Waals surface area contributed by atoms with Gasteiger partial charge in [0.1, 0.15) is 6.04 Å². The van der Waals surface area contributed by atoms with Crippen molar-refractivity contribution < 1.29 is 22.4 Å². The molecule has 0 fully saturated rings. The quantitative estimate of drug-likeness (QED) is 0.491. The van der Waals surface area contributed by atoms with Gasteiger partial charge in [0, 0.05) is 18.3 Å². The van der Waals surface area contributed by atoms with Crippen molar-refractivity contribution in [3.05, 3.63) is 18.2 Å². The number of nitrogens with one attached hydrogen (secondary N) is 1. The van der Waals surface area contributed by atoms with Gasteiger partial charge in [0.05, 0.1) is 12.6 Å². The molecule has 1 heterocycles. The van der Waals surface area contributed by atoms with Crippen LogP contribution in [0.15, 0.2) is 12.5 Å². The van der Waals surface area contributed by atoms with E-state index in [-0.39, 0.29) is 6.42 Å². The predicted octanol–water partition coefficient (Wildman–Crippen LogP) is -1.29. The monoisotopic (exact) mass is 249 g/mol. The Morgan fingerprint density at radius 2 is 2.38 bits per heavy atom. The highest BCUT2D eigenvalue weighted by Gasteiger charge is 2.19. The van der Waals surface area contributed by atoms with E-state index in [4.69, 9.17) is 5.73 Å². The number of carbonyl (C=O) groups excluding carboxylic acids is 1. The van der Waals surface area contributed by atoms with Crippen LogP contribution < -0.4 is 5.73 Å². The molecule has 8 nitrogen and oxygen atoms in total. The van der Waals surface area contributed by atoms with Crippen LogP contribution in [0.3, 0.4) is 0 Å². The van der Waals surface area contributed by atoms with E-state index in [9.17, 15) is 13.2 Å². The molecule has 3 N–H and O–H groups in total. The Bertz CT molecular complexity index is 441. The minimum absolute atomic E-state index is 0.145. The van der Waals surface area contributed by atoms with E-state index < -0.39 is 22.1 Å². The van der Waals surface area contributed by atoms with Crippen LogP contribution in [0.2, 0.25) is 0 Å². The van der Waals surface area contributed by atoms with Crippen LogP contribution in [-0.4, -0.2) is 36.7 Å². The van der Waals surface area contributed by atoms with Crippen LogP contribution in [-0.2, 0) is 30.6 Å². The van der Waals surface area contributed by atoms with Crippen LogP contribution in [0, 0.1) is 0 Å². The first-order valence-corrected chi connectivity index (χ1v) is 6.03. The van der Waals surface area contributed by atoms with Crippen molar-refractivity contribution in [3.63, 3.8) is 0 Å². The Morgan fingerprint density at radius 3 is 2.88 bits per heavy atom. The van der Waals surface area contributed by atoms with Gasteiger partial charge in [-0.15, -0.1) is 0 Å². The normalized spacial score (nSPS) is 13.4. The number of nitrogens with zero attached hydrogens (tertiary/aromatic N) is 1. The largest absolute Gasteiger partial charge is 0.360 e. The van der Waals surface area contributed by atoms with E-state index in [2.05, 4.69) is 19.2 Å². The highest BCUT2D eigenvalue weighted by molar-refractivity contribution is 7.85. The van der Waals surface area contributed by atoms with Gasteiger partial charge in [0.25, 0.3) is 10.1 Å². The van der Waals surface area contributed by atoms with E-state index >= 15 is 0 Å². The molecule has 0 saturated heterocycles. The number of carbonyl (C=O) groups is 1. The summed E-state index contributed by atoms with van der Waals surface area (Å²) >= 11 is 0. The molecule has 1 rings (SSSR count). The van der Waals surface area contributed by atoms with Gasteiger partial charge in [-0.3, -0.25) is 4.89 Å². The van der Waals surface area contributed by atoms with Crippen LogP contribution >= 0.6 is 0 Å². The highest BCUT2D eigenvalue weighted by Crippen LogP contribution is 1.99. The molecule has 16 heavy (non-hydrogen) atoms. The molecular formula is C7H11N3O5S. The zero-order valence-corrected chi connectivity index (χ0v) is 9.23. The summed E-state index contributed by atoms with van der Waals surface area (Å²) in [5.41, 5.74) is 6.07. The molecule has 90 valence electrons. The van der Waals surface area contributed by atoms with Crippen LogP contribution in [0.4, 0.5) is 0 Å². The molecule has 0 aliphatic rings. The lowest BCUT2D eigenvalue weighted by Crippen LogP contribution is -2.34. The Kier molecular flexibility index (Phi) is 3.99. The maximum Gasteiger partial charge on any atom is 0.360 e. The van der Waals surface area contributed by atoms with E-state index in [1.165, 1.54) is 12.5 Å². The molecule has 9 heteroatoms. The first-order valence-electron chi connectivity index (χ1n) is 4.21. The van der Waals surface area contributed by atoms with Gasteiger partial charge in [-0.2, -0.15) is 8.42 Å². The van der Waals surface area contributed by atoms with Crippen molar-refractivity contribution in [1.82, 2.24) is 9.97 Å². The maximum atomic E-state index is 11.1. The Balaban J connectivity index is 2.42. The molecular weight excluding hydrogens is 238 g/mol. The number of hydrogen-bond donors (Lipinski definition) is 2. The van der Waals surface area contributed by atoms with Crippen LogP contribution in [0.1, 0.15) is 5.69 Å². The number of H-pyrrole nitrogens is 1. The minimum Gasteiger partial charge on any atom is -0.348 e. The fourth-order valence-corrected chi connectivity index (χ4v) is 1.06. The van der Waals surface area contributed by atoms with E-state index in [0.29, 0.717) is 5.69 Å². The second kappa shape index (κ2) is 5.05. The highest BCUT2D eigenvalue weighted by atomic mass is 32.2. The second-order valence-corrected chi connectivity index (χ2v) is 4.61. The molecule has 0 amide bonds. The summed E-state index contributed by atoms with van der Waals surface area (Å²) in [5.74, 6) is -0.972. The third-order valence-electron chi connectivity index (χ3n) is 1.54. The average molecular weight is 249 g/mol. The Hall–Kier alpha value is -1.45. The van der Waals surface area contributed by atoms with Gasteiger partial charge in [0.15, 0.2) is 0 Å². The topological polar surface area (TPSA) is 124 Å². The molecule has 0 aromatic carbocycles. The number of aromatic nitrogens is 2. The lowest BCUT2D eigenvalue weighted by atomic mass is 10.2. The fourth-order valence-electron chi connectivity index (χ4n) is 0.874. The zero-order chi connectivity index (χ0) is 12.2. The SMILES string of the molecule is CS(=O)(=O)OOC(=O)C(N)Cc1cnc[nH]1. The molecule has 0 aliphatic heterocycles. The van der Waals surface area contributed by atoms with Gasteiger partial charge >= 0.3 is 5.97 Å². The molecule has 0 spiro atoms. The second-order valence-electron chi connectivity index (χ2n) is 3.06. The van der Waals surface area contributed by atoms with Gasteiger partial charge in [-0.05, 0) is 0 Å². The first kappa shape index (κ1) is 12.6. The molecule has 0 radical (unpaired) electrons. The number of rotatable bonds is 5. The average Bonchev–Trinajstić information content (AvgIpc) is 2.65. The summed E-state index contributed by atoms with van der Waals surface area (Å²) in [6, 6.07) is -1.03. The van der Waals surface area contributed by atoms with Crippen molar-refractivity contribution in [2.75, 3.05) is 6.26 Å². The number of hydrogen-bond acceptors (Lipinski definition) is 7. The summed E-state index contributed by atoms with van der Waals surface area (Å²) < 4.78 is 24.9. The molecule has 0 saturated carbocycles. The molecule has 0 bridgehead atoms. The third kappa shape index (κ3) is 4.38. The minimum atomic E-state index is -3.83. The summed E-state index contributed by atoms with van der Waals surface area (Å²) in [7, 11) is -3.83. The summed E-state index contributed by atoms with van der Waals surface area (Å²) in [5, 5.41) is 0. The van der Waals surface area contributed by atoms with Gasteiger partial charge in [-0.1, -0.05) is 4.33 Å². The molecule has 1 unspecified atom stereocenters. The van der Waals surface area contributed by atoms with Crippen LogP contribution in [0.25, 0.3) is 0 Å². The molecule has 1 atom stereocenters. The predicted molar refractivity (Wildman–Crippen MR) is 52.3 cm³/mol. The Morgan fingerprint density at radius 1 is 1.69 bits per heavy atom. The van der Waals surface area contributed by atoms with Crippen molar-refractivity contribution in [1.29, 1.82) is 0 Å². The van der Waals surface area contributed by atoms with E-state index in [1.54, 1.807) is 0 Å². The summed E-state index contributed by atoms with van der Waals surface area (Å²) in [4.78, 5) is 21.6. The van der Waals surface area contributed by atoms with Crippen molar-refractivity contribution in [3.8, 4) is 0 Å². The number of imidazole rings is 1. The van der Waals surface area contributed by atoms with Crippen molar-refractivity contribution >= 4 is 16.1 Å². The maximum absolute atomic E-state index is 11.1. The molecule has 1 aromatic heterocycles. The van der Waals surface area contributed by atoms with Crippen LogP contribution in [0.5, 0.6) is 0 Å². The van der Waals surface area contributed by atoms with E-state index in [1.807, 2.05) is 0 Å². The summed E-state index contributed by atoms with van der Waals surface area (Å²) in [6.45, 7) is 0. The first-order chi connectivity index (χ1) is 7.38.